The molecule has 182 valence electrons. The third kappa shape index (κ3) is 4.63. The van der Waals surface area contributed by atoms with E-state index in [2.05, 4.69) is 16.2 Å². The fraction of sp³-hybridized carbons (Fsp3) is 0.308. The monoisotopic (exact) mass is 499 g/mol. The Morgan fingerprint density at radius 2 is 1.89 bits per heavy atom. The summed E-state index contributed by atoms with van der Waals surface area (Å²) in [6.07, 6.45) is -1.89. The maximum Gasteiger partial charge on any atom is 0.422 e. The second-order valence-electron chi connectivity index (χ2n) is 9.20. The SMILES string of the molecule is C[C@@](N)(CO)CCc1ccc2c(c1)CCc1nc(-c3onc(-c4ccccc4)c3C(F)(F)F)sc1-2. The highest BCUT2D eigenvalue weighted by Crippen LogP contribution is 2.47. The summed E-state index contributed by atoms with van der Waals surface area (Å²) in [5, 5.41) is 13.4. The molecule has 1 atom stereocenters. The standard InChI is InChI=1S/C26H24F3N3O2S/c1-25(30,14-33)12-11-15-7-9-18-17(13-15)8-10-19-23(18)35-24(31-19)22-20(26(27,28)29)21(32-34-22)16-5-3-2-4-6-16/h2-7,9,13,33H,8,10-12,14,30H2,1H3/t25-/m0/s1. The normalized spacial score (nSPS) is 14.9. The number of hydrogen-bond acceptors (Lipinski definition) is 6. The van der Waals surface area contributed by atoms with Gasteiger partial charge in [0.25, 0.3) is 0 Å². The number of aromatic nitrogens is 2. The van der Waals surface area contributed by atoms with Crippen LogP contribution in [0.5, 0.6) is 0 Å². The molecule has 3 N–H and O–H groups in total. The lowest BCUT2D eigenvalue weighted by Crippen LogP contribution is -2.40. The van der Waals surface area contributed by atoms with Crippen LogP contribution in [0.1, 0.15) is 35.7 Å². The van der Waals surface area contributed by atoms with Crippen LogP contribution in [0.4, 0.5) is 13.2 Å². The van der Waals surface area contributed by atoms with Gasteiger partial charge in [-0.15, -0.1) is 11.3 Å². The van der Waals surface area contributed by atoms with Gasteiger partial charge in [0.2, 0.25) is 5.76 Å². The van der Waals surface area contributed by atoms with Crippen LogP contribution in [0.2, 0.25) is 0 Å². The molecule has 2 aromatic carbocycles. The number of aryl methyl sites for hydroxylation is 3. The summed E-state index contributed by atoms with van der Waals surface area (Å²) in [6, 6.07) is 14.3. The van der Waals surface area contributed by atoms with Crippen LogP contribution in [-0.2, 0) is 25.4 Å². The predicted molar refractivity (Wildman–Crippen MR) is 129 cm³/mol. The minimum Gasteiger partial charge on any atom is -0.394 e. The van der Waals surface area contributed by atoms with Gasteiger partial charge in [-0.25, -0.2) is 4.98 Å². The number of nitrogens with two attached hydrogens (primary N) is 1. The van der Waals surface area contributed by atoms with Gasteiger partial charge in [0.15, 0.2) is 5.01 Å². The van der Waals surface area contributed by atoms with Crippen molar-refractivity contribution in [3.63, 3.8) is 0 Å². The summed E-state index contributed by atoms with van der Waals surface area (Å²) in [7, 11) is 0. The van der Waals surface area contributed by atoms with Gasteiger partial charge in [-0.3, -0.25) is 0 Å². The first-order chi connectivity index (χ1) is 16.7. The molecule has 0 saturated carbocycles. The summed E-state index contributed by atoms with van der Waals surface area (Å²) in [6.45, 7) is 1.73. The predicted octanol–water partition coefficient (Wildman–Crippen LogP) is 5.89. The lowest BCUT2D eigenvalue weighted by molar-refractivity contribution is -0.136. The number of fused-ring (bicyclic) bond motifs is 3. The molecule has 35 heavy (non-hydrogen) atoms. The van der Waals surface area contributed by atoms with Crippen molar-refractivity contribution in [3.05, 3.63) is 70.9 Å². The zero-order valence-electron chi connectivity index (χ0n) is 19.0. The highest BCUT2D eigenvalue weighted by Gasteiger charge is 2.42. The van der Waals surface area contributed by atoms with Gasteiger partial charge >= 0.3 is 6.18 Å². The molecule has 4 aromatic rings. The number of rotatable bonds is 6. The topological polar surface area (TPSA) is 85.2 Å². The Morgan fingerprint density at radius 1 is 1.11 bits per heavy atom. The molecule has 0 spiro atoms. The summed E-state index contributed by atoms with van der Waals surface area (Å²) >= 11 is 1.20. The van der Waals surface area contributed by atoms with Crippen molar-refractivity contribution >= 4 is 11.3 Å². The fourth-order valence-electron chi connectivity index (χ4n) is 4.31. The Morgan fingerprint density at radius 3 is 2.60 bits per heavy atom. The average Bonchev–Trinajstić information content (AvgIpc) is 3.48. The fourth-order valence-corrected chi connectivity index (χ4v) is 5.47. The molecule has 9 heteroatoms. The summed E-state index contributed by atoms with van der Waals surface area (Å²) in [4.78, 5) is 5.40. The average molecular weight is 500 g/mol. The molecular formula is C26H24F3N3O2S. The number of hydrogen-bond donors (Lipinski definition) is 2. The minimum atomic E-state index is -4.65. The summed E-state index contributed by atoms with van der Waals surface area (Å²) in [5.74, 6) is -0.347. The summed E-state index contributed by atoms with van der Waals surface area (Å²) < 4.78 is 47.6. The van der Waals surface area contributed by atoms with Crippen molar-refractivity contribution in [2.45, 2.75) is 44.3 Å². The van der Waals surface area contributed by atoms with E-state index in [1.165, 1.54) is 11.3 Å². The molecule has 2 aromatic heterocycles. The molecular weight excluding hydrogens is 475 g/mol. The van der Waals surface area contributed by atoms with Gasteiger partial charge in [0.05, 0.1) is 17.2 Å². The van der Waals surface area contributed by atoms with Crippen LogP contribution in [0, 0.1) is 0 Å². The number of thiazole rings is 1. The van der Waals surface area contributed by atoms with Crippen molar-refractivity contribution < 1.29 is 22.8 Å². The third-order valence-electron chi connectivity index (χ3n) is 6.31. The Kier molecular flexibility index (Phi) is 6.03. The molecule has 0 unspecified atom stereocenters. The van der Waals surface area contributed by atoms with E-state index in [-0.39, 0.29) is 23.1 Å². The lowest BCUT2D eigenvalue weighted by atomic mass is 9.89. The van der Waals surface area contributed by atoms with E-state index in [0.717, 1.165) is 40.1 Å². The van der Waals surface area contributed by atoms with E-state index in [1.54, 1.807) is 30.3 Å². The number of halogens is 3. The maximum absolute atomic E-state index is 14.1. The minimum absolute atomic E-state index is 0.0848. The Labute approximate surface area is 204 Å². The first-order valence-electron chi connectivity index (χ1n) is 11.3. The van der Waals surface area contributed by atoms with Gasteiger partial charge in [-0.1, -0.05) is 53.7 Å². The zero-order valence-corrected chi connectivity index (χ0v) is 19.8. The van der Waals surface area contributed by atoms with Gasteiger partial charge < -0.3 is 15.4 Å². The highest BCUT2D eigenvalue weighted by molar-refractivity contribution is 7.18. The molecule has 2 heterocycles. The van der Waals surface area contributed by atoms with E-state index >= 15 is 0 Å². The summed E-state index contributed by atoms with van der Waals surface area (Å²) in [5.41, 5.74) is 8.61. The Bertz CT molecular complexity index is 1360. The molecule has 0 aliphatic heterocycles. The molecule has 0 fully saturated rings. The van der Waals surface area contributed by atoms with Crippen LogP contribution >= 0.6 is 11.3 Å². The zero-order chi connectivity index (χ0) is 24.8. The van der Waals surface area contributed by atoms with Crippen LogP contribution in [0.3, 0.4) is 0 Å². The van der Waals surface area contributed by atoms with Gasteiger partial charge in [-0.2, -0.15) is 13.2 Å². The van der Waals surface area contributed by atoms with Crippen molar-refractivity contribution in [1.82, 2.24) is 10.1 Å². The molecule has 0 saturated heterocycles. The maximum atomic E-state index is 14.1. The highest BCUT2D eigenvalue weighted by atomic mass is 32.1. The molecule has 1 aliphatic rings. The molecule has 5 rings (SSSR count). The van der Waals surface area contributed by atoms with Gasteiger partial charge in [-0.05, 0) is 49.3 Å². The molecule has 0 bridgehead atoms. The quantitative estimate of drug-likeness (QED) is 0.345. The van der Waals surface area contributed by atoms with Crippen LogP contribution < -0.4 is 5.73 Å². The number of benzene rings is 2. The number of aliphatic hydroxyl groups excluding tert-OH is 1. The van der Waals surface area contributed by atoms with Gasteiger partial charge in [0.1, 0.15) is 11.3 Å². The second-order valence-corrected chi connectivity index (χ2v) is 10.2. The van der Waals surface area contributed by atoms with Crippen LogP contribution in [-0.4, -0.2) is 27.4 Å². The van der Waals surface area contributed by atoms with Crippen molar-refractivity contribution in [3.8, 4) is 32.5 Å². The van der Waals surface area contributed by atoms with Crippen molar-refractivity contribution in [2.24, 2.45) is 5.73 Å². The first kappa shape index (κ1) is 23.7. The third-order valence-corrected chi connectivity index (χ3v) is 7.44. The molecule has 5 nitrogen and oxygen atoms in total. The van der Waals surface area contributed by atoms with Gasteiger partial charge in [0, 0.05) is 11.1 Å². The van der Waals surface area contributed by atoms with E-state index < -0.39 is 17.3 Å². The molecule has 0 amide bonds. The van der Waals surface area contributed by atoms with E-state index in [1.807, 2.05) is 19.1 Å². The van der Waals surface area contributed by atoms with Crippen LogP contribution in [0.15, 0.2) is 53.1 Å². The van der Waals surface area contributed by atoms with Crippen molar-refractivity contribution in [1.29, 1.82) is 0 Å². The number of aliphatic hydroxyl groups is 1. The number of nitrogens with zero attached hydrogens (tertiary/aromatic N) is 2. The second kappa shape index (κ2) is 8.89. The Balaban J connectivity index is 1.51. The smallest absolute Gasteiger partial charge is 0.394 e. The largest absolute Gasteiger partial charge is 0.422 e. The molecule has 0 radical (unpaired) electrons. The lowest BCUT2D eigenvalue weighted by Gasteiger charge is -2.22. The Hall–Kier alpha value is -3.01. The van der Waals surface area contributed by atoms with Crippen molar-refractivity contribution in [2.75, 3.05) is 6.61 Å². The van der Waals surface area contributed by atoms with E-state index in [4.69, 9.17) is 10.3 Å². The van der Waals surface area contributed by atoms with Crippen LogP contribution in [0.25, 0.3) is 32.5 Å². The number of alkyl halides is 3. The first-order valence-corrected chi connectivity index (χ1v) is 12.1. The molecule has 1 aliphatic carbocycles. The van der Waals surface area contributed by atoms with E-state index in [9.17, 15) is 18.3 Å². The van der Waals surface area contributed by atoms with E-state index in [0.29, 0.717) is 18.4 Å².